The van der Waals surface area contributed by atoms with E-state index >= 15 is 0 Å². The quantitative estimate of drug-likeness (QED) is 0.502. The predicted octanol–water partition coefficient (Wildman–Crippen LogP) is 3.93. The second-order valence-electron chi connectivity index (χ2n) is 4.67. The topological polar surface area (TPSA) is 115 Å². The standard InChI is InChI=1S/C14H10ClN3O5/c1-8-2-4-9(5-3-8)16-13-11(14(15)19)6-10(17(20)21)7-12(13)18(22)23/h2-7,16H,1H3. The number of nitrogens with one attached hydrogen (secondary N) is 1. The molecule has 23 heavy (non-hydrogen) atoms. The number of nitrogens with zero attached hydrogens (tertiary/aromatic N) is 2. The summed E-state index contributed by atoms with van der Waals surface area (Å²) in [6.45, 7) is 1.87. The minimum atomic E-state index is -1.04. The smallest absolute Gasteiger partial charge is 0.300 e. The second kappa shape index (κ2) is 6.41. The molecule has 0 amide bonds. The van der Waals surface area contributed by atoms with Crippen molar-refractivity contribution < 1.29 is 14.6 Å². The third-order valence-corrected chi connectivity index (χ3v) is 3.25. The Morgan fingerprint density at radius 1 is 1.09 bits per heavy atom. The third kappa shape index (κ3) is 3.61. The number of benzene rings is 2. The van der Waals surface area contributed by atoms with Crippen molar-refractivity contribution in [3.63, 3.8) is 0 Å². The number of nitro benzene ring substituents is 2. The molecule has 0 aliphatic carbocycles. The zero-order chi connectivity index (χ0) is 17.1. The zero-order valence-corrected chi connectivity index (χ0v) is 12.5. The van der Waals surface area contributed by atoms with Gasteiger partial charge in [-0.25, -0.2) is 0 Å². The summed E-state index contributed by atoms with van der Waals surface area (Å²) in [7, 11) is 0. The number of carbonyl (C=O) groups excluding carboxylic acids is 1. The first-order valence-corrected chi connectivity index (χ1v) is 6.67. The van der Waals surface area contributed by atoms with Crippen molar-refractivity contribution >= 4 is 39.6 Å². The Labute approximate surface area is 135 Å². The van der Waals surface area contributed by atoms with Gasteiger partial charge in [0.1, 0.15) is 5.69 Å². The molecule has 0 saturated heterocycles. The lowest BCUT2D eigenvalue weighted by molar-refractivity contribution is -0.393. The molecular weight excluding hydrogens is 326 g/mol. The largest absolute Gasteiger partial charge is 0.349 e. The highest BCUT2D eigenvalue weighted by Gasteiger charge is 2.27. The fourth-order valence-corrected chi connectivity index (χ4v) is 2.08. The Hall–Kier alpha value is -3.00. The molecule has 2 aromatic carbocycles. The van der Waals surface area contributed by atoms with E-state index in [1.807, 2.05) is 6.92 Å². The van der Waals surface area contributed by atoms with Crippen molar-refractivity contribution in [3.05, 3.63) is 67.8 Å². The first kappa shape index (κ1) is 16.4. The average molecular weight is 336 g/mol. The van der Waals surface area contributed by atoms with Gasteiger partial charge in [-0.3, -0.25) is 25.0 Å². The first-order valence-electron chi connectivity index (χ1n) is 6.30. The number of hydrogen-bond acceptors (Lipinski definition) is 6. The molecule has 9 heteroatoms. The molecule has 0 atom stereocenters. The van der Waals surface area contributed by atoms with Crippen LogP contribution in [0.4, 0.5) is 22.7 Å². The monoisotopic (exact) mass is 335 g/mol. The summed E-state index contributed by atoms with van der Waals surface area (Å²) in [5, 5.41) is 23.8. The average Bonchev–Trinajstić information content (AvgIpc) is 2.48. The normalized spacial score (nSPS) is 10.2. The Balaban J connectivity index is 2.63. The molecule has 0 fully saturated rings. The highest BCUT2D eigenvalue weighted by molar-refractivity contribution is 6.68. The van der Waals surface area contributed by atoms with Crippen molar-refractivity contribution in [1.82, 2.24) is 0 Å². The summed E-state index contributed by atoms with van der Waals surface area (Å²) < 4.78 is 0. The van der Waals surface area contributed by atoms with Gasteiger partial charge in [0.15, 0.2) is 0 Å². The number of aryl methyl sites for hydroxylation is 1. The predicted molar refractivity (Wildman–Crippen MR) is 84.4 cm³/mol. The van der Waals surface area contributed by atoms with E-state index < -0.39 is 26.5 Å². The molecule has 0 aliphatic rings. The van der Waals surface area contributed by atoms with E-state index in [-0.39, 0.29) is 11.3 Å². The minimum absolute atomic E-state index is 0.190. The Kier molecular flexibility index (Phi) is 4.56. The minimum Gasteiger partial charge on any atom is -0.349 e. The zero-order valence-electron chi connectivity index (χ0n) is 11.8. The summed E-state index contributed by atoms with van der Waals surface area (Å²) in [5.41, 5.74) is -0.273. The van der Waals surface area contributed by atoms with Crippen LogP contribution in [0, 0.1) is 27.2 Å². The molecule has 8 nitrogen and oxygen atoms in total. The van der Waals surface area contributed by atoms with E-state index in [0.717, 1.165) is 17.7 Å². The third-order valence-electron chi connectivity index (χ3n) is 3.04. The van der Waals surface area contributed by atoms with Crippen LogP contribution in [0.25, 0.3) is 0 Å². The van der Waals surface area contributed by atoms with Gasteiger partial charge >= 0.3 is 0 Å². The van der Waals surface area contributed by atoms with Gasteiger partial charge in [-0.05, 0) is 30.7 Å². The van der Waals surface area contributed by atoms with Crippen LogP contribution in [0.3, 0.4) is 0 Å². The Morgan fingerprint density at radius 2 is 1.70 bits per heavy atom. The van der Waals surface area contributed by atoms with Gasteiger partial charge in [-0.2, -0.15) is 0 Å². The van der Waals surface area contributed by atoms with Gasteiger partial charge in [0, 0.05) is 11.8 Å². The van der Waals surface area contributed by atoms with Crippen molar-refractivity contribution in [3.8, 4) is 0 Å². The fourth-order valence-electron chi connectivity index (χ4n) is 1.93. The van der Waals surface area contributed by atoms with Gasteiger partial charge < -0.3 is 5.32 Å². The Bertz CT molecular complexity index is 770. The summed E-state index contributed by atoms with van der Waals surface area (Å²) >= 11 is 5.43. The molecular formula is C14H10ClN3O5. The van der Waals surface area contributed by atoms with Crippen LogP contribution < -0.4 is 5.32 Å². The summed E-state index contributed by atoms with van der Waals surface area (Å²) in [4.78, 5) is 32.0. The Morgan fingerprint density at radius 3 is 2.17 bits per heavy atom. The maximum absolute atomic E-state index is 11.5. The highest BCUT2D eigenvalue weighted by Crippen LogP contribution is 2.36. The van der Waals surface area contributed by atoms with Crippen molar-refractivity contribution in [2.24, 2.45) is 0 Å². The number of anilines is 2. The molecule has 0 radical (unpaired) electrons. The number of hydrogen-bond donors (Lipinski definition) is 1. The number of nitro groups is 2. The molecule has 2 rings (SSSR count). The van der Waals surface area contributed by atoms with Crippen LogP contribution in [-0.4, -0.2) is 15.1 Å². The SMILES string of the molecule is Cc1ccc(Nc2c(C(=O)Cl)cc([N+](=O)[O-])cc2[N+](=O)[O-])cc1. The number of non-ortho nitro benzene ring substituents is 1. The molecule has 118 valence electrons. The molecule has 0 saturated carbocycles. The van der Waals surface area contributed by atoms with E-state index in [4.69, 9.17) is 11.6 Å². The van der Waals surface area contributed by atoms with Crippen LogP contribution in [-0.2, 0) is 0 Å². The lowest BCUT2D eigenvalue weighted by Crippen LogP contribution is -2.05. The molecule has 2 aromatic rings. The molecule has 0 aliphatic heterocycles. The van der Waals surface area contributed by atoms with Crippen molar-refractivity contribution in [2.75, 3.05) is 5.32 Å². The van der Waals surface area contributed by atoms with Crippen LogP contribution in [0.15, 0.2) is 36.4 Å². The van der Waals surface area contributed by atoms with Crippen molar-refractivity contribution in [1.29, 1.82) is 0 Å². The second-order valence-corrected chi connectivity index (χ2v) is 5.01. The highest BCUT2D eigenvalue weighted by atomic mass is 35.5. The van der Waals surface area contributed by atoms with Crippen LogP contribution >= 0.6 is 11.6 Å². The van der Waals surface area contributed by atoms with Crippen molar-refractivity contribution in [2.45, 2.75) is 6.92 Å². The van der Waals surface area contributed by atoms with E-state index in [1.165, 1.54) is 0 Å². The van der Waals surface area contributed by atoms with E-state index in [1.54, 1.807) is 24.3 Å². The van der Waals surface area contributed by atoms with Crippen LogP contribution in [0.2, 0.25) is 0 Å². The molecule has 1 N–H and O–H groups in total. The summed E-state index contributed by atoms with van der Waals surface area (Å²) in [5.74, 6) is 0. The van der Waals surface area contributed by atoms with Gasteiger partial charge in [0.2, 0.25) is 0 Å². The number of halogens is 1. The maximum atomic E-state index is 11.5. The lowest BCUT2D eigenvalue weighted by Gasteiger charge is -2.10. The van der Waals surface area contributed by atoms with Gasteiger partial charge in [-0.15, -0.1) is 0 Å². The van der Waals surface area contributed by atoms with Crippen LogP contribution in [0.1, 0.15) is 15.9 Å². The number of rotatable bonds is 5. The molecule has 0 bridgehead atoms. The lowest BCUT2D eigenvalue weighted by atomic mass is 10.1. The van der Waals surface area contributed by atoms with Gasteiger partial charge in [0.25, 0.3) is 16.6 Å². The fraction of sp³-hybridized carbons (Fsp3) is 0.0714. The maximum Gasteiger partial charge on any atom is 0.300 e. The van der Waals surface area contributed by atoms with E-state index in [0.29, 0.717) is 5.69 Å². The summed E-state index contributed by atoms with van der Waals surface area (Å²) in [6, 6.07) is 8.52. The van der Waals surface area contributed by atoms with Gasteiger partial charge in [0.05, 0.1) is 21.5 Å². The summed E-state index contributed by atoms with van der Waals surface area (Å²) in [6.07, 6.45) is 0. The van der Waals surface area contributed by atoms with Gasteiger partial charge in [-0.1, -0.05) is 17.7 Å². The molecule has 0 aromatic heterocycles. The van der Waals surface area contributed by atoms with E-state index in [9.17, 15) is 25.0 Å². The number of carbonyl (C=O) groups is 1. The molecule has 0 heterocycles. The molecule has 0 spiro atoms. The first-order chi connectivity index (χ1) is 10.8. The molecule has 0 unspecified atom stereocenters. The van der Waals surface area contributed by atoms with Crippen LogP contribution in [0.5, 0.6) is 0 Å². The van der Waals surface area contributed by atoms with E-state index in [2.05, 4.69) is 5.32 Å².